The zero-order chi connectivity index (χ0) is 17.1. The molecule has 1 atom stereocenters. The molecule has 2 aromatic heterocycles. The quantitative estimate of drug-likeness (QED) is 0.834. The van der Waals surface area contributed by atoms with Crippen molar-refractivity contribution in [2.75, 3.05) is 13.1 Å². The molecule has 1 fully saturated rings. The molecule has 7 heteroatoms. The van der Waals surface area contributed by atoms with Crippen LogP contribution in [-0.4, -0.2) is 44.0 Å². The van der Waals surface area contributed by atoms with Crippen molar-refractivity contribution in [1.82, 2.24) is 25.0 Å². The second-order valence-electron chi connectivity index (χ2n) is 6.29. The van der Waals surface area contributed by atoms with E-state index in [-0.39, 0.29) is 11.8 Å². The van der Waals surface area contributed by atoms with Gasteiger partial charge in [0.2, 0.25) is 11.8 Å². The predicted octanol–water partition coefficient (Wildman–Crippen LogP) is 1.99. The van der Waals surface area contributed by atoms with E-state index in [9.17, 15) is 4.79 Å². The molecule has 1 aliphatic rings. The van der Waals surface area contributed by atoms with Gasteiger partial charge in [-0.3, -0.25) is 4.79 Å². The molecular formula is C17H23N5O2. The summed E-state index contributed by atoms with van der Waals surface area (Å²) in [6.45, 7) is 7.37. The number of amides is 1. The molecule has 0 aromatic carbocycles. The van der Waals surface area contributed by atoms with Crippen LogP contribution in [0.5, 0.6) is 0 Å². The fourth-order valence-electron chi connectivity index (χ4n) is 3.04. The summed E-state index contributed by atoms with van der Waals surface area (Å²) >= 11 is 0. The van der Waals surface area contributed by atoms with Gasteiger partial charge < -0.3 is 9.42 Å². The molecule has 0 radical (unpaired) electrons. The van der Waals surface area contributed by atoms with Crippen LogP contribution >= 0.6 is 0 Å². The van der Waals surface area contributed by atoms with Crippen molar-refractivity contribution < 1.29 is 9.32 Å². The molecule has 2 aromatic rings. The van der Waals surface area contributed by atoms with Crippen molar-refractivity contribution in [1.29, 1.82) is 0 Å². The Balaban J connectivity index is 1.55. The third-order valence-corrected chi connectivity index (χ3v) is 4.28. The van der Waals surface area contributed by atoms with E-state index in [2.05, 4.69) is 20.1 Å². The van der Waals surface area contributed by atoms with Gasteiger partial charge in [0.25, 0.3) is 0 Å². The third-order valence-electron chi connectivity index (χ3n) is 4.28. The molecule has 0 bridgehead atoms. The SMILES string of the molecule is CCc1noc(CCC(=O)N2CC[C@@H](c3nc(C)cc(C)n3)C2)n1. The van der Waals surface area contributed by atoms with Gasteiger partial charge >= 0.3 is 0 Å². The van der Waals surface area contributed by atoms with Gasteiger partial charge in [0, 0.05) is 49.7 Å². The molecule has 0 unspecified atom stereocenters. The summed E-state index contributed by atoms with van der Waals surface area (Å²) in [6, 6.07) is 1.97. The average Bonchev–Trinajstić information content (AvgIpc) is 3.21. The van der Waals surface area contributed by atoms with Gasteiger partial charge in [-0.2, -0.15) is 4.98 Å². The Hall–Kier alpha value is -2.31. The number of hydrogen-bond donors (Lipinski definition) is 0. The molecule has 128 valence electrons. The van der Waals surface area contributed by atoms with Crippen molar-refractivity contribution in [3.63, 3.8) is 0 Å². The van der Waals surface area contributed by atoms with Crippen molar-refractivity contribution in [3.05, 3.63) is 35.0 Å². The van der Waals surface area contributed by atoms with E-state index in [4.69, 9.17) is 4.52 Å². The molecule has 0 N–H and O–H groups in total. The van der Waals surface area contributed by atoms with Crippen LogP contribution in [0.4, 0.5) is 0 Å². The molecule has 7 nitrogen and oxygen atoms in total. The lowest BCUT2D eigenvalue weighted by atomic mass is 10.1. The molecule has 0 saturated carbocycles. The average molecular weight is 329 g/mol. The van der Waals surface area contributed by atoms with E-state index in [0.29, 0.717) is 31.1 Å². The molecule has 3 heterocycles. The molecule has 24 heavy (non-hydrogen) atoms. The first-order valence-corrected chi connectivity index (χ1v) is 8.46. The van der Waals surface area contributed by atoms with E-state index in [1.165, 1.54) is 0 Å². The van der Waals surface area contributed by atoms with E-state index in [0.717, 1.165) is 36.6 Å². The fourth-order valence-corrected chi connectivity index (χ4v) is 3.04. The predicted molar refractivity (Wildman–Crippen MR) is 87.4 cm³/mol. The number of aryl methyl sites for hydroxylation is 4. The molecule has 0 spiro atoms. The molecule has 1 saturated heterocycles. The minimum Gasteiger partial charge on any atom is -0.342 e. The lowest BCUT2D eigenvalue weighted by Gasteiger charge is -2.16. The summed E-state index contributed by atoms with van der Waals surface area (Å²) < 4.78 is 5.13. The van der Waals surface area contributed by atoms with Crippen molar-refractivity contribution in [3.8, 4) is 0 Å². The zero-order valence-corrected chi connectivity index (χ0v) is 14.4. The maximum absolute atomic E-state index is 12.4. The number of aromatic nitrogens is 4. The van der Waals surface area contributed by atoms with Gasteiger partial charge in [-0.1, -0.05) is 12.1 Å². The summed E-state index contributed by atoms with van der Waals surface area (Å²) in [5.74, 6) is 2.42. The molecule has 0 aliphatic carbocycles. The van der Waals surface area contributed by atoms with Crippen LogP contribution in [0, 0.1) is 13.8 Å². The third kappa shape index (κ3) is 3.77. The highest BCUT2D eigenvalue weighted by Crippen LogP contribution is 2.25. The zero-order valence-electron chi connectivity index (χ0n) is 14.4. The van der Waals surface area contributed by atoms with E-state index >= 15 is 0 Å². The summed E-state index contributed by atoms with van der Waals surface area (Å²) in [5, 5.41) is 3.85. The standard InChI is InChI=1S/C17H23N5O2/c1-4-14-20-15(24-21-14)5-6-16(23)22-8-7-13(10-22)17-18-11(2)9-12(3)19-17/h9,13H,4-8,10H2,1-3H3/t13-/m1/s1. The second-order valence-corrected chi connectivity index (χ2v) is 6.29. The Morgan fingerprint density at radius 2 is 2.04 bits per heavy atom. The van der Waals surface area contributed by atoms with Crippen molar-refractivity contribution >= 4 is 5.91 Å². The van der Waals surface area contributed by atoms with Crippen LogP contribution in [0.1, 0.15) is 54.6 Å². The van der Waals surface area contributed by atoms with Crippen LogP contribution in [0.25, 0.3) is 0 Å². The topological polar surface area (TPSA) is 85.0 Å². The highest BCUT2D eigenvalue weighted by atomic mass is 16.5. The first-order chi connectivity index (χ1) is 11.5. The van der Waals surface area contributed by atoms with Gasteiger partial charge in [0.05, 0.1) is 0 Å². The van der Waals surface area contributed by atoms with Crippen LogP contribution in [0.2, 0.25) is 0 Å². The van der Waals surface area contributed by atoms with Crippen molar-refractivity contribution in [2.45, 2.75) is 52.4 Å². The summed E-state index contributed by atoms with van der Waals surface area (Å²) in [5.41, 5.74) is 1.95. The van der Waals surface area contributed by atoms with Crippen molar-refractivity contribution in [2.24, 2.45) is 0 Å². The fraction of sp³-hybridized carbons (Fsp3) is 0.588. The molecule has 1 amide bonds. The Bertz CT molecular complexity index is 707. The van der Waals surface area contributed by atoms with Gasteiger partial charge in [-0.15, -0.1) is 0 Å². The lowest BCUT2D eigenvalue weighted by Crippen LogP contribution is -2.28. The monoisotopic (exact) mass is 329 g/mol. The number of carbonyl (C=O) groups excluding carboxylic acids is 1. The smallest absolute Gasteiger partial charge is 0.227 e. The maximum atomic E-state index is 12.4. The number of hydrogen-bond acceptors (Lipinski definition) is 6. The summed E-state index contributed by atoms with van der Waals surface area (Å²) in [4.78, 5) is 27.6. The first kappa shape index (κ1) is 16.5. The van der Waals surface area contributed by atoms with Crippen LogP contribution in [0.15, 0.2) is 10.6 Å². The number of rotatable bonds is 5. The minimum atomic E-state index is 0.123. The molecular weight excluding hydrogens is 306 g/mol. The minimum absolute atomic E-state index is 0.123. The Morgan fingerprint density at radius 3 is 2.71 bits per heavy atom. The first-order valence-electron chi connectivity index (χ1n) is 8.46. The Morgan fingerprint density at radius 1 is 1.29 bits per heavy atom. The van der Waals surface area contributed by atoms with Gasteiger partial charge in [-0.05, 0) is 26.3 Å². The second kappa shape index (κ2) is 7.07. The van der Waals surface area contributed by atoms with Gasteiger partial charge in [0.1, 0.15) is 5.82 Å². The van der Waals surface area contributed by atoms with Crippen LogP contribution < -0.4 is 0 Å². The summed E-state index contributed by atoms with van der Waals surface area (Å²) in [7, 11) is 0. The van der Waals surface area contributed by atoms with E-state index < -0.39 is 0 Å². The Labute approximate surface area is 141 Å². The highest BCUT2D eigenvalue weighted by Gasteiger charge is 2.29. The van der Waals surface area contributed by atoms with E-state index in [1.54, 1.807) is 0 Å². The Kier molecular flexibility index (Phi) is 4.87. The number of likely N-dealkylation sites (tertiary alicyclic amines) is 1. The lowest BCUT2D eigenvalue weighted by molar-refractivity contribution is -0.130. The van der Waals surface area contributed by atoms with Crippen LogP contribution in [-0.2, 0) is 17.6 Å². The number of carbonyl (C=O) groups is 1. The summed E-state index contributed by atoms with van der Waals surface area (Å²) in [6.07, 6.45) is 2.54. The highest BCUT2D eigenvalue weighted by molar-refractivity contribution is 5.76. The molecule has 1 aliphatic heterocycles. The normalized spacial score (nSPS) is 17.5. The number of nitrogens with zero attached hydrogens (tertiary/aromatic N) is 5. The largest absolute Gasteiger partial charge is 0.342 e. The van der Waals surface area contributed by atoms with Gasteiger partial charge in [-0.25, -0.2) is 9.97 Å². The van der Waals surface area contributed by atoms with E-state index in [1.807, 2.05) is 31.7 Å². The molecule has 3 rings (SSSR count). The maximum Gasteiger partial charge on any atom is 0.227 e. The van der Waals surface area contributed by atoms with Crippen LogP contribution in [0.3, 0.4) is 0 Å². The van der Waals surface area contributed by atoms with Gasteiger partial charge in [0.15, 0.2) is 5.82 Å².